The van der Waals surface area contributed by atoms with Gasteiger partial charge in [0.05, 0.1) is 5.56 Å². The smallest absolute Gasteiger partial charge is 0.252 e. The monoisotopic (exact) mass is 340 g/mol. The molecule has 110 valence electrons. The molecular weight excluding hydrogens is 327 g/mol. The van der Waals surface area contributed by atoms with Crippen LogP contribution in [0.1, 0.15) is 15.9 Å². The number of pyridine rings is 1. The lowest BCUT2D eigenvalue weighted by molar-refractivity contribution is 0.0956. The molecule has 1 aromatic carbocycles. The van der Waals surface area contributed by atoms with Crippen molar-refractivity contribution in [2.75, 3.05) is 12.3 Å². The van der Waals surface area contributed by atoms with Gasteiger partial charge in [0.15, 0.2) is 0 Å². The normalized spacial score (nSPS) is 10.4. The van der Waals surface area contributed by atoms with Crippen molar-refractivity contribution >= 4 is 40.9 Å². The summed E-state index contributed by atoms with van der Waals surface area (Å²) >= 11 is 13.7. The number of nitrogens with zero attached hydrogens (tertiary/aromatic N) is 1. The number of hydrogen-bond donors (Lipinski definition) is 1. The molecule has 1 aromatic heterocycles. The zero-order chi connectivity index (χ0) is 15.1. The van der Waals surface area contributed by atoms with Gasteiger partial charge in [-0.05, 0) is 29.8 Å². The Balaban J connectivity index is 1.69. The highest BCUT2D eigenvalue weighted by Crippen LogP contribution is 2.24. The minimum Gasteiger partial charge on any atom is -0.351 e. The Morgan fingerprint density at radius 3 is 2.86 bits per heavy atom. The fourth-order valence-electron chi connectivity index (χ4n) is 1.66. The molecule has 2 aromatic rings. The molecule has 1 heterocycles. The number of benzene rings is 1. The first-order chi connectivity index (χ1) is 10.2. The minimum atomic E-state index is -0.103. The van der Waals surface area contributed by atoms with Crippen LogP contribution in [-0.2, 0) is 5.75 Å². The van der Waals surface area contributed by atoms with Crippen molar-refractivity contribution in [1.82, 2.24) is 10.3 Å². The molecule has 1 N–H and O–H groups in total. The Hall–Kier alpha value is -1.23. The molecule has 0 atom stereocenters. The molecule has 0 saturated heterocycles. The van der Waals surface area contributed by atoms with E-state index >= 15 is 0 Å². The average Bonchev–Trinajstić information content (AvgIpc) is 2.49. The summed E-state index contributed by atoms with van der Waals surface area (Å²) in [5, 5.41) is 4.17. The molecule has 3 nitrogen and oxygen atoms in total. The Bertz CT molecular complexity index is 608. The van der Waals surface area contributed by atoms with Gasteiger partial charge in [-0.1, -0.05) is 29.3 Å². The standard InChI is InChI=1S/C15H14Cl2N2OS/c16-13-4-3-12(14(17)8-13)10-21-7-6-19-15(20)11-2-1-5-18-9-11/h1-5,8-9H,6-7,10H2,(H,19,20). The second-order valence-corrected chi connectivity index (χ2v) is 6.23. The van der Waals surface area contributed by atoms with E-state index in [2.05, 4.69) is 10.3 Å². The third-order valence-electron chi connectivity index (χ3n) is 2.73. The maximum absolute atomic E-state index is 11.8. The first-order valence-electron chi connectivity index (χ1n) is 6.36. The molecule has 6 heteroatoms. The van der Waals surface area contributed by atoms with Crippen LogP contribution in [0, 0.1) is 0 Å². The maximum atomic E-state index is 11.8. The summed E-state index contributed by atoms with van der Waals surface area (Å²) in [6.45, 7) is 0.601. The quantitative estimate of drug-likeness (QED) is 0.806. The second-order valence-electron chi connectivity index (χ2n) is 4.29. The van der Waals surface area contributed by atoms with E-state index in [1.807, 2.05) is 12.1 Å². The van der Waals surface area contributed by atoms with E-state index in [9.17, 15) is 4.79 Å². The summed E-state index contributed by atoms with van der Waals surface area (Å²) in [7, 11) is 0. The van der Waals surface area contributed by atoms with Gasteiger partial charge < -0.3 is 5.32 Å². The van der Waals surface area contributed by atoms with Gasteiger partial charge in [-0.25, -0.2) is 0 Å². The van der Waals surface area contributed by atoms with Gasteiger partial charge in [0.25, 0.3) is 5.91 Å². The zero-order valence-electron chi connectivity index (χ0n) is 11.2. The second kappa shape index (κ2) is 8.27. The lowest BCUT2D eigenvalue weighted by Gasteiger charge is -2.06. The zero-order valence-corrected chi connectivity index (χ0v) is 13.5. The predicted octanol–water partition coefficient (Wildman–Crippen LogP) is 4.05. The molecule has 0 aliphatic rings. The van der Waals surface area contributed by atoms with Crippen LogP contribution in [0.5, 0.6) is 0 Å². The highest BCUT2D eigenvalue weighted by molar-refractivity contribution is 7.98. The molecule has 1 amide bonds. The summed E-state index contributed by atoms with van der Waals surface area (Å²) < 4.78 is 0. The van der Waals surface area contributed by atoms with E-state index in [1.54, 1.807) is 42.4 Å². The number of nitrogens with one attached hydrogen (secondary N) is 1. The molecule has 0 bridgehead atoms. The molecule has 0 unspecified atom stereocenters. The topological polar surface area (TPSA) is 42.0 Å². The van der Waals surface area contributed by atoms with Crippen LogP contribution in [0.15, 0.2) is 42.7 Å². The number of hydrogen-bond acceptors (Lipinski definition) is 3. The molecule has 0 aliphatic carbocycles. The highest BCUT2D eigenvalue weighted by atomic mass is 35.5. The number of thioether (sulfide) groups is 1. The summed E-state index contributed by atoms with van der Waals surface area (Å²) in [6, 6.07) is 8.97. The van der Waals surface area contributed by atoms with E-state index in [0.29, 0.717) is 22.2 Å². The summed E-state index contributed by atoms with van der Waals surface area (Å²) in [6.07, 6.45) is 3.19. The number of aromatic nitrogens is 1. The average molecular weight is 341 g/mol. The van der Waals surface area contributed by atoms with E-state index in [1.165, 1.54) is 0 Å². The fourth-order valence-corrected chi connectivity index (χ4v) is 3.07. The molecular formula is C15H14Cl2N2OS. The van der Waals surface area contributed by atoms with Crippen molar-refractivity contribution in [3.63, 3.8) is 0 Å². The van der Waals surface area contributed by atoms with Gasteiger partial charge in [-0.3, -0.25) is 9.78 Å². The van der Waals surface area contributed by atoms with Gasteiger partial charge in [-0.15, -0.1) is 0 Å². The van der Waals surface area contributed by atoms with Crippen LogP contribution in [0.2, 0.25) is 10.0 Å². The Morgan fingerprint density at radius 1 is 1.29 bits per heavy atom. The van der Waals surface area contributed by atoms with Gasteiger partial charge in [0, 0.05) is 40.5 Å². The van der Waals surface area contributed by atoms with Crippen molar-refractivity contribution in [1.29, 1.82) is 0 Å². The van der Waals surface area contributed by atoms with Crippen LogP contribution in [0.3, 0.4) is 0 Å². The van der Waals surface area contributed by atoms with Crippen LogP contribution in [0.4, 0.5) is 0 Å². The van der Waals surface area contributed by atoms with Crippen molar-refractivity contribution in [3.8, 4) is 0 Å². The van der Waals surface area contributed by atoms with Gasteiger partial charge in [-0.2, -0.15) is 11.8 Å². The van der Waals surface area contributed by atoms with E-state index in [-0.39, 0.29) is 5.91 Å². The number of halogens is 2. The third kappa shape index (κ3) is 5.23. The minimum absolute atomic E-state index is 0.103. The summed E-state index contributed by atoms with van der Waals surface area (Å²) in [5.74, 6) is 1.50. The summed E-state index contributed by atoms with van der Waals surface area (Å²) in [5.41, 5.74) is 1.62. The Kier molecular flexibility index (Phi) is 6.36. The lowest BCUT2D eigenvalue weighted by atomic mass is 10.2. The Labute approximate surface area is 138 Å². The number of amides is 1. The fraction of sp³-hybridized carbons (Fsp3) is 0.200. The summed E-state index contributed by atoms with van der Waals surface area (Å²) in [4.78, 5) is 15.7. The highest BCUT2D eigenvalue weighted by Gasteiger charge is 2.04. The first kappa shape index (κ1) is 16.1. The largest absolute Gasteiger partial charge is 0.351 e. The van der Waals surface area contributed by atoms with E-state index in [0.717, 1.165) is 17.1 Å². The van der Waals surface area contributed by atoms with Crippen molar-refractivity contribution in [2.45, 2.75) is 5.75 Å². The van der Waals surface area contributed by atoms with Crippen molar-refractivity contribution in [3.05, 3.63) is 63.9 Å². The molecule has 0 aliphatic heterocycles. The third-order valence-corrected chi connectivity index (χ3v) is 4.32. The molecule has 0 spiro atoms. The molecule has 21 heavy (non-hydrogen) atoms. The molecule has 2 rings (SSSR count). The SMILES string of the molecule is O=C(NCCSCc1ccc(Cl)cc1Cl)c1cccnc1. The van der Waals surface area contributed by atoms with Gasteiger partial charge in [0.1, 0.15) is 0 Å². The van der Waals surface area contributed by atoms with Crippen LogP contribution in [0.25, 0.3) is 0 Å². The Morgan fingerprint density at radius 2 is 2.14 bits per heavy atom. The lowest BCUT2D eigenvalue weighted by Crippen LogP contribution is -2.25. The van der Waals surface area contributed by atoms with Crippen molar-refractivity contribution < 1.29 is 4.79 Å². The predicted molar refractivity (Wildman–Crippen MR) is 89.2 cm³/mol. The molecule has 0 radical (unpaired) electrons. The van der Waals surface area contributed by atoms with Crippen molar-refractivity contribution in [2.24, 2.45) is 0 Å². The number of carbonyl (C=O) groups is 1. The van der Waals surface area contributed by atoms with Gasteiger partial charge >= 0.3 is 0 Å². The first-order valence-corrected chi connectivity index (χ1v) is 8.28. The van der Waals surface area contributed by atoms with Crippen LogP contribution < -0.4 is 5.32 Å². The van der Waals surface area contributed by atoms with E-state index < -0.39 is 0 Å². The van der Waals surface area contributed by atoms with E-state index in [4.69, 9.17) is 23.2 Å². The van der Waals surface area contributed by atoms with Gasteiger partial charge in [0.2, 0.25) is 0 Å². The van der Waals surface area contributed by atoms with Crippen LogP contribution in [-0.4, -0.2) is 23.2 Å². The molecule has 0 saturated carbocycles. The molecule has 0 fully saturated rings. The number of carbonyl (C=O) groups excluding carboxylic acids is 1. The maximum Gasteiger partial charge on any atom is 0.252 e. The number of rotatable bonds is 6. The van der Waals surface area contributed by atoms with Crippen LogP contribution >= 0.6 is 35.0 Å².